The Balaban J connectivity index is 2.20. The van der Waals surface area contributed by atoms with Crippen LogP contribution in [-0.4, -0.2) is 42.0 Å². The molecule has 2 fully saturated rings. The fraction of sp³-hybridized carbons (Fsp3) is 0.769. The van der Waals surface area contributed by atoms with Crippen LogP contribution in [0.15, 0.2) is 0 Å². The van der Waals surface area contributed by atoms with E-state index in [-0.39, 0.29) is 18.1 Å². The van der Waals surface area contributed by atoms with Crippen molar-refractivity contribution in [2.45, 2.75) is 51.2 Å². The molecule has 3 unspecified atom stereocenters. The number of urea groups is 1. The molecule has 0 spiro atoms. The first-order valence-corrected chi connectivity index (χ1v) is 6.80. The number of hydrogen-bond donors (Lipinski definition) is 1. The molecule has 1 saturated carbocycles. The van der Waals surface area contributed by atoms with Gasteiger partial charge < -0.3 is 4.74 Å². The van der Waals surface area contributed by atoms with E-state index in [1.54, 1.807) is 7.11 Å². The van der Waals surface area contributed by atoms with Gasteiger partial charge in [0.2, 0.25) is 11.8 Å². The molecule has 0 aromatic heterocycles. The van der Waals surface area contributed by atoms with Gasteiger partial charge in [0.1, 0.15) is 5.92 Å². The first-order chi connectivity index (χ1) is 9.10. The molecule has 1 heterocycles. The van der Waals surface area contributed by atoms with Crippen LogP contribution >= 0.6 is 0 Å². The largest absolute Gasteiger partial charge is 0.379 e. The average Bonchev–Trinajstić information content (AvgIpc) is 2.82. The van der Waals surface area contributed by atoms with Crippen LogP contribution in [0.1, 0.15) is 39.0 Å². The van der Waals surface area contributed by atoms with Gasteiger partial charge in [0.25, 0.3) is 0 Å². The molecule has 2 rings (SSSR count). The van der Waals surface area contributed by atoms with Crippen molar-refractivity contribution in [2.24, 2.45) is 5.92 Å². The van der Waals surface area contributed by atoms with Crippen LogP contribution in [-0.2, 0) is 14.3 Å². The zero-order valence-corrected chi connectivity index (χ0v) is 11.3. The van der Waals surface area contributed by atoms with Crippen LogP contribution in [0.2, 0.25) is 0 Å². The van der Waals surface area contributed by atoms with Gasteiger partial charge in [-0.05, 0) is 25.7 Å². The number of hydrogen-bond acceptors (Lipinski definition) is 4. The van der Waals surface area contributed by atoms with Crippen molar-refractivity contribution in [1.29, 1.82) is 0 Å². The summed E-state index contributed by atoms with van der Waals surface area (Å²) in [7, 11) is 1.59. The quantitative estimate of drug-likeness (QED) is 0.773. The Morgan fingerprint density at radius 1 is 1.32 bits per heavy atom. The Labute approximate surface area is 112 Å². The molecule has 2 aliphatic rings. The molecule has 4 amide bonds. The van der Waals surface area contributed by atoms with Crippen LogP contribution in [0, 0.1) is 5.92 Å². The van der Waals surface area contributed by atoms with Crippen molar-refractivity contribution in [1.82, 2.24) is 10.2 Å². The minimum absolute atomic E-state index is 0.120. The van der Waals surface area contributed by atoms with Gasteiger partial charge >= 0.3 is 6.03 Å². The van der Waals surface area contributed by atoms with E-state index in [1.807, 2.05) is 6.92 Å². The summed E-state index contributed by atoms with van der Waals surface area (Å²) in [5, 5.41) is 2.29. The Morgan fingerprint density at radius 3 is 2.68 bits per heavy atom. The van der Waals surface area contributed by atoms with Crippen molar-refractivity contribution in [3.63, 3.8) is 0 Å². The molecule has 6 heteroatoms. The third-order valence-corrected chi connectivity index (χ3v) is 3.93. The number of methoxy groups -OCH3 is 1. The summed E-state index contributed by atoms with van der Waals surface area (Å²) in [5.41, 5.74) is 0. The number of carbonyl (C=O) groups excluding carboxylic acids is 3. The topological polar surface area (TPSA) is 75.7 Å². The summed E-state index contributed by atoms with van der Waals surface area (Å²) < 4.78 is 5.34. The molecular formula is C13H20N2O4. The Kier molecular flexibility index (Phi) is 4.19. The Hall–Kier alpha value is -1.43. The van der Waals surface area contributed by atoms with Gasteiger partial charge in [0.05, 0.1) is 12.1 Å². The predicted octanol–water partition coefficient (Wildman–Crippen LogP) is 1.05. The van der Waals surface area contributed by atoms with Crippen LogP contribution in [0.5, 0.6) is 0 Å². The second-order valence-corrected chi connectivity index (χ2v) is 5.12. The zero-order valence-electron chi connectivity index (χ0n) is 11.3. The fourth-order valence-corrected chi connectivity index (χ4v) is 2.97. The predicted molar refractivity (Wildman–Crippen MR) is 67.2 cm³/mol. The lowest BCUT2D eigenvalue weighted by Gasteiger charge is -2.36. The number of ether oxygens (including phenoxy) is 1. The Bertz CT molecular complexity index is 396. The summed E-state index contributed by atoms with van der Waals surface area (Å²) in [5.74, 6) is -1.58. The molecule has 1 aliphatic carbocycles. The molecule has 6 nitrogen and oxygen atoms in total. The molecule has 0 bridgehead atoms. The Morgan fingerprint density at radius 2 is 2.05 bits per heavy atom. The van der Waals surface area contributed by atoms with E-state index in [1.165, 1.54) is 4.90 Å². The maximum atomic E-state index is 12.4. The van der Waals surface area contributed by atoms with Gasteiger partial charge in [-0.15, -0.1) is 0 Å². The third-order valence-electron chi connectivity index (χ3n) is 3.93. The molecule has 19 heavy (non-hydrogen) atoms. The lowest BCUT2D eigenvalue weighted by molar-refractivity contribution is -0.145. The molecule has 0 aromatic carbocycles. The van der Waals surface area contributed by atoms with E-state index in [0.29, 0.717) is 6.42 Å². The summed E-state index contributed by atoms with van der Waals surface area (Å²) in [4.78, 5) is 37.2. The van der Waals surface area contributed by atoms with Gasteiger partial charge in [-0.25, -0.2) is 4.79 Å². The van der Waals surface area contributed by atoms with E-state index in [9.17, 15) is 14.4 Å². The number of imide groups is 2. The van der Waals surface area contributed by atoms with Crippen LogP contribution in [0.3, 0.4) is 0 Å². The highest BCUT2D eigenvalue weighted by Crippen LogP contribution is 2.29. The molecule has 1 saturated heterocycles. The second-order valence-electron chi connectivity index (χ2n) is 5.12. The summed E-state index contributed by atoms with van der Waals surface area (Å²) in [6.45, 7) is 1.91. The monoisotopic (exact) mass is 268 g/mol. The number of nitrogens with zero attached hydrogens (tertiary/aromatic N) is 1. The average molecular weight is 268 g/mol. The molecule has 0 radical (unpaired) electrons. The maximum absolute atomic E-state index is 12.4. The molecule has 106 valence electrons. The lowest BCUT2D eigenvalue weighted by atomic mass is 9.97. The standard InChI is InChI=1S/C13H20N2O4/c1-3-5-8-11(16)14-13(18)15(12(8)17)9-6-4-7-10(9)19-2/h8-10H,3-7H2,1-2H3,(H,14,16,18). The van der Waals surface area contributed by atoms with Gasteiger partial charge in [0.15, 0.2) is 0 Å². The number of barbiturate groups is 1. The van der Waals surface area contributed by atoms with Crippen molar-refractivity contribution >= 4 is 17.8 Å². The number of carbonyl (C=O) groups is 3. The molecule has 1 aliphatic heterocycles. The maximum Gasteiger partial charge on any atom is 0.331 e. The number of amides is 4. The van der Waals surface area contributed by atoms with E-state index in [2.05, 4.69) is 5.32 Å². The van der Waals surface area contributed by atoms with Crippen LogP contribution < -0.4 is 5.32 Å². The lowest BCUT2D eigenvalue weighted by Crippen LogP contribution is -2.62. The van der Waals surface area contributed by atoms with Crippen molar-refractivity contribution in [2.75, 3.05) is 7.11 Å². The highest BCUT2D eigenvalue weighted by Gasteiger charge is 2.46. The van der Waals surface area contributed by atoms with Gasteiger partial charge in [-0.2, -0.15) is 0 Å². The zero-order chi connectivity index (χ0) is 14.0. The number of rotatable bonds is 4. The smallest absolute Gasteiger partial charge is 0.331 e. The second kappa shape index (κ2) is 5.69. The minimum Gasteiger partial charge on any atom is -0.379 e. The van der Waals surface area contributed by atoms with E-state index < -0.39 is 17.9 Å². The third kappa shape index (κ3) is 2.49. The molecular weight excluding hydrogens is 248 g/mol. The minimum atomic E-state index is -0.735. The fourth-order valence-electron chi connectivity index (χ4n) is 2.97. The van der Waals surface area contributed by atoms with Gasteiger partial charge in [-0.3, -0.25) is 19.8 Å². The highest BCUT2D eigenvalue weighted by molar-refractivity contribution is 6.16. The normalized spacial score (nSPS) is 31.8. The molecule has 1 N–H and O–H groups in total. The first-order valence-electron chi connectivity index (χ1n) is 6.80. The summed E-state index contributed by atoms with van der Waals surface area (Å²) >= 11 is 0. The van der Waals surface area contributed by atoms with Crippen LogP contribution in [0.25, 0.3) is 0 Å². The molecule has 3 atom stereocenters. The van der Waals surface area contributed by atoms with E-state index in [0.717, 1.165) is 25.7 Å². The van der Waals surface area contributed by atoms with E-state index >= 15 is 0 Å². The molecule has 0 aromatic rings. The first kappa shape index (κ1) is 14.0. The summed E-state index contributed by atoms with van der Waals surface area (Å²) in [6.07, 6.45) is 3.58. The van der Waals surface area contributed by atoms with Crippen LogP contribution in [0.4, 0.5) is 4.79 Å². The van der Waals surface area contributed by atoms with Crippen molar-refractivity contribution < 1.29 is 19.1 Å². The highest BCUT2D eigenvalue weighted by atomic mass is 16.5. The van der Waals surface area contributed by atoms with E-state index in [4.69, 9.17) is 4.74 Å². The number of nitrogens with one attached hydrogen (secondary N) is 1. The SMILES string of the molecule is CCCC1C(=O)NC(=O)N(C2CCCC2OC)C1=O. The van der Waals surface area contributed by atoms with Crippen molar-refractivity contribution in [3.8, 4) is 0 Å². The van der Waals surface area contributed by atoms with Gasteiger partial charge in [-0.1, -0.05) is 13.3 Å². The summed E-state index contributed by atoms with van der Waals surface area (Å²) in [6, 6.07) is -0.846. The van der Waals surface area contributed by atoms with Crippen molar-refractivity contribution in [3.05, 3.63) is 0 Å². The van der Waals surface area contributed by atoms with Gasteiger partial charge in [0, 0.05) is 7.11 Å².